The summed E-state index contributed by atoms with van der Waals surface area (Å²) in [6, 6.07) is 10.4. The zero-order valence-corrected chi connectivity index (χ0v) is 16.5. The number of hydrogen-bond acceptors (Lipinski definition) is 2. The van der Waals surface area contributed by atoms with E-state index in [1.54, 1.807) is 18.2 Å². The third-order valence-electron chi connectivity index (χ3n) is 5.27. The molecule has 8 heteroatoms. The molecule has 3 N–H and O–H groups in total. The summed E-state index contributed by atoms with van der Waals surface area (Å²) in [6.45, 7) is 0.513. The van der Waals surface area contributed by atoms with Crippen LogP contribution in [0, 0.1) is 17.5 Å². The molecule has 1 aliphatic heterocycles. The summed E-state index contributed by atoms with van der Waals surface area (Å²) in [5.41, 5.74) is 1.72. The van der Waals surface area contributed by atoms with E-state index in [-0.39, 0.29) is 35.9 Å². The topological polar surface area (TPSA) is 74.0 Å². The standard InChI is InChI=1S/C23H20F3N3O2/c24-15-7-4-13(5-8-15)19-12-14(6-9-20(30)28-18-10-11-27-23(18)31)22(29-19)21-16(25)2-1-3-17(21)26/h1-5,7-8,12,18,29H,6,9-11H2,(H,27,31)(H,28,30). The molecule has 0 aliphatic carbocycles. The minimum Gasteiger partial charge on any atom is -0.354 e. The van der Waals surface area contributed by atoms with Gasteiger partial charge in [-0.15, -0.1) is 0 Å². The average Bonchev–Trinajstić information content (AvgIpc) is 3.33. The number of carbonyl (C=O) groups excluding carboxylic acids is 2. The molecule has 2 amide bonds. The zero-order chi connectivity index (χ0) is 22.0. The lowest BCUT2D eigenvalue weighted by Gasteiger charge is -2.10. The van der Waals surface area contributed by atoms with E-state index in [1.165, 1.54) is 18.2 Å². The van der Waals surface area contributed by atoms with Gasteiger partial charge in [0.1, 0.15) is 23.5 Å². The molecule has 5 nitrogen and oxygen atoms in total. The van der Waals surface area contributed by atoms with E-state index in [0.717, 1.165) is 12.1 Å². The summed E-state index contributed by atoms with van der Waals surface area (Å²) in [4.78, 5) is 27.0. The Labute approximate surface area is 176 Å². The number of carbonyl (C=O) groups is 2. The predicted molar refractivity (Wildman–Crippen MR) is 109 cm³/mol. The molecule has 1 saturated heterocycles. The highest BCUT2D eigenvalue weighted by Crippen LogP contribution is 2.33. The van der Waals surface area contributed by atoms with E-state index in [4.69, 9.17) is 0 Å². The van der Waals surface area contributed by atoms with Gasteiger partial charge < -0.3 is 15.6 Å². The van der Waals surface area contributed by atoms with Crippen LogP contribution in [0.4, 0.5) is 13.2 Å². The van der Waals surface area contributed by atoms with Crippen LogP contribution in [-0.2, 0) is 16.0 Å². The number of benzene rings is 2. The van der Waals surface area contributed by atoms with Gasteiger partial charge in [-0.2, -0.15) is 0 Å². The minimum atomic E-state index is -0.735. The summed E-state index contributed by atoms with van der Waals surface area (Å²) >= 11 is 0. The molecule has 1 unspecified atom stereocenters. The van der Waals surface area contributed by atoms with Crippen LogP contribution in [0.15, 0.2) is 48.5 Å². The fraction of sp³-hybridized carbons (Fsp3) is 0.217. The van der Waals surface area contributed by atoms with Gasteiger partial charge in [-0.05, 0) is 66.4 Å². The Kier molecular flexibility index (Phi) is 5.79. The minimum absolute atomic E-state index is 0.0353. The SMILES string of the molecule is O=C(CCc1cc(-c2ccc(F)cc2)[nH]c1-c1c(F)cccc1F)NC1CCNC1=O. The Morgan fingerprint density at radius 2 is 1.77 bits per heavy atom. The predicted octanol–water partition coefficient (Wildman–Crippen LogP) is 3.70. The third kappa shape index (κ3) is 4.47. The Bertz CT molecular complexity index is 1110. The first-order valence-electron chi connectivity index (χ1n) is 9.91. The lowest BCUT2D eigenvalue weighted by Crippen LogP contribution is -2.40. The van der Waals surface area contributed by atoms with Crippen LogP contribution in [-0.4, -0.2) is 29.4 Å². The van der Waals surface area contributed by atoms with Crippen molar-refractivity contribution >= 4 is 11.8 Å². The van der Waals surface area contributed by atoms with Crippen molar-refractivity contribution in [1.82, 2.24) is 15.6 Å². The molecule has 0 saturated carbocycles. The van der Waals surface area contributed by atoms with Gasteiger partial charge in [0.15, 0.2) is 0 Å². The molecule has 0 bridgehead atoms. The highest BCUT2D eigenvalue weighted by molar-refractivity contribution is 5.89. The fourth-order valence-corrected chi connectivity index (χ4v) is 3.69. The van der Waals surface area contributed by atoms with Gasteiger partial charge in [-0.3, -0.25) is 9.59 Å². The van der Waals surface area contributed by atoms with Crippen LogP contribution < -0.4 is 10.6 Å². The van der Waals surface area contributed by atoms with Gasteiger partial charge in [0.05, 0.1) is 11.3 Å². The van der Waals surface area contributed by atoms with Gasteiger partial charge in [-0.1, -0.05) is 6.07 Å². The Hall–Kier alpha value is -3.55. The molecule has 160 valence electrons. The Morgan fingerprint density at radius 1 is 1.06 bits per heavy atom. The molecule has 1 aliphatic rings. The third-order valence-corrected chi connectivity index (χ3v) is 5.27. The van der Waals surface area contributed by atoms with Crippen molar-refractivity contribution in [3.63, 3.8) is 0 Å². The van der Waals surface area contributed by atoms with Crippen molar-refractivity contribution in [1.29, 1.82) is 0 Å². The van der Waals surface area contributed by atoms with E-state index in [9.17, 15) is 22.8 Å². The number of aromatic nitrogens is 1. The first-order valence-corrected chi connectivity index (χ1v) is 9.91. The number of halogens is 3. The van der Waals surface area contributed by atoms with Crippen molar-refractivity contribution < 1.29 is 22.8 Å². The second kappa shape index (κ2) is 8.67. The van der Waals surface area contributed by atoms with Crippen LogP contribution in [0.5, 0.6) is 0 Å². The molecule has 1 atom stereocenters. The van der Waals surface area contributed by atoms with Gasteiger partial charge >= 0.3 is 0 Å². The highest BCUT2D eigenvalue weighted by atomic mass is 19.1. The lowest BCUT2D eigenvalue weighted by atomic mass is 10.0. The first-order chi connectivity index (χ1) is 14.9. The number of hydrogen-bond donors (Lipinski definition) is 3. The quantitative estimate of drug-likeness (QED) is 0.561. The first kappa shape index (κ1) is 20.7. The summed E-state index contributed by atoms with van der Waals surface area (Å²) in [5, 5.41) is 5.32. The summed E-state index contributed by atoms with van der Waals surface area (Å²) in [6.07, 6.45) is 0.754. The van der Waals surface area contributed by atoms with Gasteiger partial charge in [-0.25, -0.2) is 13.2 Å². The van der Waals surface area contributed by atoms with Crippen LogP contribution in [0.1, 0.15) is 18.4 Å². The Morgan fingerprint density at radius 3 is 2.42 bits per heavy atom. The largest absolute Gasteiger partial charge is 0.354 e. The molecule has 1 aromatic heterocycles. The molecule has 31 heavy (non-hydrogen) atoms. The monoisotopic (exact) mass is 427 g/mol. The van der Waals surface area contributed by atoms with Crippen molar-refractivity contribution in [2.75, 3.05) is 6.54 Å². The van der Waals surface area contributed by atoms with Crippen LogP contribution in [0.2, 0.25) is 0 Å². The fourth-order valence-electron chi connectivity index (χ4n) is 3.69. The number of H-pyrrole nitrogens is 1. The summed E-state index contributed by atoms with van der Waals surface area (Å²) in [5.74, 6) is -2.42. The van der Waals surface area contributed by atoms with Gasteiger partial charge in [0, 0.05) is 18.7 Å². The van der Waals surface area contributed by atoms with Crippen LogP contribution >= 0.6 is 0 Å². The van der Waals surface area contributed by atoms with Crippen molar-refractivity contribution in [3.8, 4) is 22.5 Å². The molecular formula is C23H20F3N3O2. The lowest BCUT2D eigenvalue weighted by molar-refractivity contribution is -0.127. The van der Waals surface area contributed by atoms with Crippen molar-refractivity contribution in [2.45, 2.75) is 25.3 Å². The smallest absolute Gasteiger partial charge is 0.242 e. The molecule has 3 aromatic rings. The van der Waals surface area contributed by atoms with Crippen molar-refractivity contribution in [3.05, 3.63) is 71.5 Å². The maximum atomic E-state index is 14.5. The molecule has 0 spiro atoms. The van der Waals surface area contributed by atoms with Gasteiger partial charge in [0.2, 0.25) is 11.8 Å². The highest BCUT2D eigenvalue weighted by Gasteiger charge is 2.26. The summed E-state index contributed by atoms with van der Waals surface area (Å²) in [7, 11) is 0. The van der Waals surface area contributed by atoms with E-state index in [0.29, 0.717) is 29.8 Å². The second-order valence-corrected chi connectivity index (χ2v) is 7.39. The maximum Gasteiger partial charge on any atom is 0.242 e. The van der Waals surface area contributed by atoms with E-state index < -0.39 is 23.5 Å². The molecular weight excluding hydrogens is 407 g/mol. The number of rotatable bonds is 6. The van der Waals surface area contributed by atoms with Crippen molar-refractivity contribution in [2.24, 2.45) is 0 Å². The number of aryl methyl sites for hydroxylation is 1. The summed E-state index contributed by atoms with van der Waals surface area (Å²) < 4.78 is 42.2. The van der Waals surface area contributed by atoms with Crippen LogP contribution in [0.25, 0.3) is 22.5 Å². The second-order valence-electron chi connectivity index (χ2n) is 7.39. The average molecular weight is 427 g/mol. The number of aromatic amines is 1. The molecule has 1 fully saturated rings. The zero-order valence-electron chi connectivity index (χ0n) is 16.5. The van der Waals surface area contributed by atoms with E-state index >= 15 is 0 Å². The van der Waals surface area contributed by atoms with E-state index in [1.807, 2.05) is 0 Å². The Balaban J connectivity index is 1.62. The van der Waals surface area contributed by atoms with Gasteiger partial charge in [0.25, 0.3) is 0 Å². The number of nitrogens with one attached hydrogen (secondary N) is 3. The molecule has 4 rings (SSSR count). The molecule has 0 radical (unpaired) electrons. The maximum absolute atomic E-state index is 14.5. The normalized spacial score (nSPS) is 15.7. The molecule has 2 heterocycles. The number of amides is 2. The molecule has 2 aromatic carbocycles. The van der Waals surface area contributed by atoms with E-state index in [2.05, 4.69) is 15.6 Å². The van der Waals surface area contributed by atoms with Crippen LogP contribution in [0.3, 0.4) is 0 Å².